The number of hydrogen-bond donors (Lipinski definition) is 2. The standard InChI is InChI=1S/C12H24N2O/c1-4-9-13-11(15)10(3)14-12(5-2)7-6-8-12/h10,14H,4-9H2,1-3H3,(H,13,15). The molecule has 1 unspecified atom stereocenters. The van der Waals surface area contributed by atoms with E-state index >= 15 is 0 Å². The molecule has 2 N–H and O–H groups in total. The highest BCUT2D eigenvalue weighted by Gasteiger charge is 2.36. The molecule has 3 heteroatoms. The summed E-state index contributed by atoms with van der Waals surface area (Å²) in [4.78, 5) is 11.7. The van der Waals surface area contributed by atoms with Crippen molar-refractivity contribution in [1.82, 2.24) is 10.6 Å². The van der Waals surface area contributed by atoms with Gasteiger partial charge < -0.3 is 10.6 Å². The van der Waals surface area contributed by atoms with Crippen molar-refractivity contribution in [2.45, 2.75) is 64.5 Å². The lowest BCUT2D eigenvalue weighted by Crippen LogP contribution is -2.57. The first-order valence-electron chi connectivity index (χ1n) is 6.19. The van der Waals surface area contributed by atoms with Crippen molar-refractivity contribution in [1.29, 1.82) is 0 Å². The van der Waals surface area contributed by atoms with Crippen LogP contribution in [0.25, 0.3) is 0 Å². The molecule has 88 valence electrons. The van der Waals surface area contributed by atoms with Gasteiger partial charge in [-0.1, -0.05) is 13.8 Å². The van der Waals surface area contributed by atoms with Crippen molar-refractivity contribution < 1.29 is 4.79 Å². The monoisotopic (exact) mass is 212 g/mol. The van der Waals surface area contributed by atoms with Crippen LogP contribution in [0.4, 0.5) is 0 Å². The lowest BCUT2D eigenvalue weighted by molar-refractivity contribution is -0.123. The summed E-state index contributed by atoms with van der Waals surface area (Å²) in [6.45, 7) is 7.01. The molecule has 1 atom stereocenters. The normalized spacial score (nSPS) is 20.5. The highest BCUT2D eigenvalue weighted by Crippen LogP contribution is 2.34. The summed E-state index contributed by atoms with van der Waals surface area (Å²) < 4.78 is 0. The molecule has 1 aliphatic rings. The van der Waals surface area contributed by atoms with Gasteiger partial charge in [-0.05, 0) is 39.0 Å². The molecule has 1 amide bonds. The Morgan fingerprint density at radius 1 is 1.40 bits per heavy atom. The Morgan fingerprint density at radius 2 is 2.07 bits per heavy atom. The summed E-state index contributed by atoms with van der Waals surface area (Å²) in [6, 6.07) is -0.0585. The van der Waals surface area contributed by atoms with Gasteiger partial charge in [0, 0.05) is 12.1 Å². The van der Waals surface area contributed by atoms with E-state index in [4.69, 9.17) is 0 Å². The van der Waals surface area contributed by atoms with Crippen LogP contribution in [-0.4, -0.2) is 24.0 Å². The second-order valence-corrected chi connectivity index (χ2v) is 4.64. The van der Waals surface area contributed by atoms with Crippen LogP contribution in [-0.2, 0) is 4.79 Å². The van der Waals surface area contributed by atoms with E-state index in [1.807, 2.05) is 6.92 Å². The molecule has 1 saturated carbocycles. The quantitative estimate of drug-likeness (QED) is 0.705. The second kappa shape index (κ2) is 5.50. The molecule has 0 bridgehead atoms. The first-order valence-corrected chi connectivity index (χ1v) is 6.19. The Kier molecular flexibility index (Phi) is 4.58. The van der Waals surface area contributed by atoms with Gasteiger partial charge in [-0.15, -0.1) is 0 Å². The number of amides is 1. The smallest absolute Gasteiger partial charge is 0.236 e. The molecule has 0 radical (unpaired) electrons. The van der Waals surface area contributed by atoms with Crippen LogP contribution in [0.15, 0.2) is 0 Å². The Bertz CT molecular complexity index is 206. The Morgan fingerprint density at radius 3 is 2.47 bits per heavy atom. The lowest BCUT2D eigenvalue weighted by atomic mass is 9.74. The van der Waals surface area contributed by atoms with Crippen LogP contribution >= 0.6 is 0 Å². The minimum absolute atomic E-state index is 0.0585. The third-order valence-electron chi connectivity index (χ3n) is 3.45. The largest absolute Gasteiger partial charge is 0.355 e. The average molecular weight is 212 g/mol. The molecule has 1 fully saturated rings. The van der Waals surface area contributed by atoms with Crippen molar-refractivity contribution in [2.75, 3.05) is 6.54 Å². The Labute approximate surface area is 93.0 Å². The first-order chi connectivity index (χ1) is 7.13. The van der Waals surface area contributed by atoms with Gasteiger partial charge in [0.2, 0.25) is 5.91 Å². The van der Waals surface area contributed by atoms with E-state index in [0.717, 1.165) is 19.4 Å². The fourth-order valence-electron chi connectivity index (χ4n) is 2.13. The van der Waals surface area contributed by atoms with Gasteiger partial charge in [0.15, 0.2) is 0 Å². The predicted octanol–water partition coefficient (Wildman–Crippen LogP) is 1.82. The van der Waals surface area contributed by atoms with Crippen LogP contribution in [0.1, 0.15) is 52.9 Å². The molecule has 15 heavy (non-hydrogen) atoms. The van der Waals surface area contributed by atoms with Gasteiger partial charge in [-0.2, -0.15) is 0 Å². The summed E-state index contributed by atoms with van der Waals surface area (Å²) in [5.41, 5.74) is 0.253. The first kappa shape index (κ1) is 12.5. The van der Waals surface area contributed by atoms with E-state index in [0.29, 0.717) is 0 Å². The summed E-state index contributed by atoms with van der Waals surface area (Å²) in [5.74, 6) is 0.136. The number of rotatable bonds is 6. The molecular formula is C12H24N2O. The average Bonchev–Trinajstić information content (AvgIpc) is 2.19. The van der Waals surface area contributed by atoms with E-state index in [-0.39, 0.29) is 17.5 Å². The minimum atomic E-state index is -0.0585. The van der Waals surface area contributed by atoms with E-state index in [9.17, 15) is 4.79 Å². The van der Waals surface area contributed by atoms with Crippen molar-refractivity contribution in [3.8, 4) is 0 Å². The van der Waals surface area contributed by atoms with Gasteiger partial charge in [0.1, 0.15) is 0 Å². The Hall–Kier alpha value is -0.570. The van der Waals surface area contributed by atoms with E-state index in [2.05, 4.69) is 24.5 Å². The molecule has 0 aromatic heterocycles. The zero-order chi connectivity index (χ0) is 11.3. The molecule has 1 aliphatic carbocycles. The molecule has 0 aliphatic heterocycles. The summed E-state index contributed by atoms with van der Waals surface area (Å²) in [6.07, 6.45) is 5.85. The Balaban J connectivity index is 2.33. The molecular weight excluding hydrogens is 188 g/mol. The van der Waals surface area contributed by atoms with Gasteiger partial charge in [0.25, 0.3) is 0 Å². The van der Waals surface area contributed by atoms with Gasteiger partial charge in [-0.25, -0.2) is 0 Å². The van der Waals surface area contributed by atoms with Crippen molar-refractivity contribution in [3.63, 3.8) is 0 Å². The zero-order valence-electron chi connectivity index (χ0n) is 10.2. The van der Waals surface area contributed by atoms with Crippen LogP contribution in [0, 0.1) is 0 Å². The van der Waals surface area contributed by atoms with Crippen molar-refractivity contribution in [3.05, 3.63) is 0 Å². The number of nitrogens with one attached hydrogen (secondary N) is 2. The maximum atomic E-state index is 11.7. The number of carbonyl (C=O) groups is 1. The van der Waals surface area contributed by atoms with Crippen LogP contribution in [0.2, 0.25) is 0 Å². The van der Waals surface area contributed by atoms with E-state index in [1.54, 1.807) is 0 Å². The highest BCUT2D eigenvalue weighted by molar-refractivity contribution is 5.81. The molecule has 0 spiro atoms. The fraction of sp³-hybridized carbons (Fsp3) is 0.917. The van der Waals surface area contributed by atoms with Gasteiger partial charge in [0.05, 0.1) is 6.04 Å². The van der Waals surface area contributed by atoms with Gasteiger partial charge >= 0.3 is 0 Å². The maximum absolute atomic E-state index is 11.7. The SMILES string of the molecule is CCCNC(=O)C(C)NC1(CC)CCC1. The molecule has 0 aromatic carbocycles. The maximum Gasteiger partial charge on any atom is 0.236 e. The second-order valence-electron chi connectivity index (χ2n) is 4.64. The molecule has 3 nitrogen and oxygen atoms in total. The highest BCUT2D eigenvalue weighted by atomic mass is 16.2. The lowest BCUT2D eigenvalue weighted by Gasteiger charge is -2.44. The molecule has 0 saturated heterocycles. The van der Waals surface area contributed by atoms with Crippen LogP contribution in [0.3, 0.4) is 0 Å². The zero-order valence-corrected chi connectivity index (χ0v) is 10.2. The van der Waals surface area contributed by atoms with E-state index in [1.165, 1.54) is 19.3 Å². The summed E-state index contributed by atoms with van der Waals surface area (Å²) in [5, 5.41) is 6.40. The van der Waals surface area contributed by atoms with Crippen molar-refractivity contribution in [2.24, 2.45) is 0 Å². The van der Waals surface area contributed by atoms with E-state index < -0.39 is 0 Å². The molecule has 0 heterocycles. The molecule has 1 rings (SSSR count). The van der Waals surface area contributed by atoms with Crippen LogP contribution in [0.5, 0.6) is 0 Å². The van der Waals surface area contributed by atoms with Gasteiger partial charge in [-0.3, -0.25) is 4.79 Å². The minimum Gasteiger partial charge on any atom is -0.355 e. The summed E-state index contributed by atoms with van der Waals surface area (Å²) >= 11 is 0. The van der Waals surface area contributed by atoms with Crippen molar-refractivity contribution >= 4 is 5.91 Å². The third kappa shape index (κ3) is 3.20. The number of carbonyl (C=O) groups excluding carboxylic acids is 1. The topological polar surface area (TPSA) is 41.1 Å². The van der Waals surface area contributed by atoms with Crippen LogP contribution < -0.4 is 10.6 Å². The summed E-state index contributed by atoms with van der Waals surface area (Å²) in [7, 11) is 0. The third-order valence-corrected chi connectivity index (χ3v) is 3.45. The predicted molar refractivity (Wildman–Crippen MR) is 62.8 cm³/mol. The fourth-order valence-corrected chi connectivity index (χ4v) is 2.13. The molecule has 0 aromatic rings. The number of hydrogen-bond acceptors (Lipinski definition) is 2.